The van der Waals surface area contributed by atoms with E-state index < -0.39 is 0 Å². The van der Waals surface area contributed by atoms with Crippen LogP contribution in [0.5, 0.6) is 0 Å². The summed E-state index contributed by atoms with van der Waals surface area (Å²) in [7, 11) is 0. The van der Waals surface area contributed by atoms with Gasteiger partial charge < -0.3 is 9.84 Å². The molecule has 1 N–H and O–H groups in total. The zero-order valence-electron chi connectivity index (χ0n) is 9.69. The maximum absolute atomic E-state index is 9.93. The van der Waals surface area contributed by atoms with Crippen molar-refractivity contribution in [3.63, 3.8) is 0 Å². The van der Waals surface area contributed by atoms with Gasteiger partial charge in [-0.2, -0.15) is 0 Å². The Hall–Kier alpha value is -0.120. The molecule has 1 aliphatic carbocycles. The van der Waals surface area contributed by atoms with Crippen LogP contribution in [0.1, 0.15) is 32.6 Å². The summed E-state index contributed by atoms with van der Waals surface area (Å²) >= 11 is 0. The van der Waals surface area contributed by atoms with E-state index in [1.54, 1.807) is 0 Å². The maximum atomic E-state index is 9.93. The van der Waals surface area contributed by atoms with E-state index in [2.05, 4.69) is 11.8 Å². The fourth-order valence-corrected chi connectivity index (χ4v) is 2.73. The van der Waals surface area contributed by atoms with Gasteiger partial charge in [-0.15, -0.1) is 0 Å². The van der Waals surface area contributed by atoms with Gasteiger partial charge in [-0.25, -0.2) is 0 Å². The summed E-state index contributed by atoms with van der Waals surface area (Å²) < 4.78 is 5.42. The lowest BCUT2D eigenvalue weighted by atomic mass is 9.86. The third-order valence-corrected chi connectivity index (χ3v) is 3.84. The normalized spacial score (nSPS) is 39.2. The highest BCUT2D eigenvalue weighted by Crippen LogP contribution is 2.26. The van der Waals surface area contributed by atoms with Crippen LogP contribution in [0.4, 0.5) is 0 Å². The first kappa shape index (κ1) is 11.4. The molecule has 3 heteroatoms. The highest BCUT2D eigenvalue weighted by atomic mass is 16.5. The SMILES string of the molecule is CC1COCCN1CC1CCCCC1O. The zero-order chi connectivity index (χ0) is 10.7. The first-order valence-electron chi connectivity index (χ1n) is 6.27. The summed E-state index contributed by atoms with van der Waals surface area (Å²) in [6.07, 6.45) is 4.64. The van der Waals surface area contributed by atoms with Crippen LogP contribution in [0.3, 0.4) is 0 Å². The molecule has 1 aliphatic heterocycles. The molecule has 3 nitrogen and oxygen atoms in total. The van der Waals surface area contributed by atoms with E-state index in [-0.39, 0.29) is 6.10 Å². The number of morpholine rings is 1. The molecule has 0 aromatic carbocycles. The fourth-order valence-electron chi connectivity index (χ4n) is 2.73. The Morgan fingerprint density at radius 1 is 1.33 bits per heavy atom. The highest BCUT2D eigenvalue weighted by molar-refractivity contribution is 4.80. The Balaban J connectivity index is 1.83. The molecule has 2 aliphatic rings. The minimum absolute atomic E-state index is 0.0613. The van der Waals surface area contributed by atoms with Crippen LogP contribution in [0.15, 0.2) is 0 Å². The largest absolute Gasteiger partial charge is 0.393 e. The topological polar surface area (TPSA) is 32.7 Å². The number of ether oxygens (including phenoxy) is 1. The Bertz CT molecular complexity index is 178. The fraction of sp³-hybridized carbons (Fsp3) is 1.00. The molecule has 2 rings (SSSR count). The van der Waals surface area contributed by atoms with Crippen molar-refractivity contribution in [3.05, 3.63) is 0 Å². The van der Waals surface area contributed by atoms with Crippen LogP contribution >= 0.6 is 0 Å². The standard InChI is InChI=1S/C12H23NO2/c1-10-9-15-7-6-13(10)8-11-4-2-3-5-12(11)14/h10-12,14H,2-9H2,1H3. The summed E-state index contributed by atoms with van der Waals surface area (Å²) in [5.41, 5.74) is 0. The number of aliphatic hydroxyl groups is 1. The Morgan fingerprint density at radius 3 is 2.87 bits per heavy atom. The van der Waals surface area contributed by atoms with E-state index in [0.717, 1.165) is 32.7 Å². The molecule has 15 heavy (non-hydrogen) atoms. The molecule has 1 saturated heterocycles. The van der Waals surface area contributed by atoms with Crippen molar-refractivity contribution in [2.75, 3.05) is 26.3 Å². The molecule has 1 saturated carbocycles. The van der Waals surface area contributed by atoms with Crippen LogP contribution in [-0.4, -0.2) is 48.5 Å². The average Bonchev–Trinajstić information content (AvgIpc) is 2.24. The second-order valence-corrected chi connectivity index (χ2v) is 5.03. The number of aliphatic hydroxyl groups excluding tert-OH is 1. The van der Waals surface area contributed by atoms with Crippen LogP contribution < -0.4 is 0 Å². The van der Waals surface area contributed by atoms with Crippen LogP contribution in [0.2, 0.25) is 0 Å². The van der Waals surface area contributed by atoms with Crippen molar-refractivity contribution < 1.29 is 9.84 Å². The van der Waals surface area contributed by atoms with Gasteiger partial charge in [0.2, 0.25) is 0 Å². The van der Waals surface area contributed by atoms with E-state index in [1.165, 1.54) is 19.3 Å². The van der Waals surface area contributed by atoms with Crippen molar-refractivity contribution in [2.24, 2.45) is 5.92 Å². The predicted molar refractivity (Wildman–Crippen MR) is 59.8 cm³/mol. The quantitative estimate of drug-likeness (QED) is 0.749. The van der Waals surface area contributed by atoms with Gasteiger partial charge >= 0.3 is 0 Å². The lowest BCUT2D eigenvalue weighted by Crippen LogP contribution is -2.47. The smallest absolute Gasteiger partial charge is 0.0619 e. The lowest BCUT2D eigenvalue weighted by molar-refractivity contribution is -0.0275. The molecule has 2 fully saturated rings. The molecule has 88 valence electrons. The van der Waals surface area contributed by atoms with Gasteiger partial charge in [-0.05, 0) is 25.7 Å². The molecule has 0 amide bonds. The third-order valence-electron chi connectivity index (χ3n) is 3.84. The highest BCUT2D eigenvalue weighted by Gasteiger charge is 2.28. The second kappa shape index (κ2) is 5.28. The molecule has 1 heterocycles. The molecular weight excluding hydrogens is 190 g/mol. The van der Waals surface area contributed by atoms with Crippen LogP contribution in [0.25, 0.3) is 0 Å². The minimum atomic E-state index is -0.0613. The molecule has 3 atom stereocenters. The average molecular weight is 213 g/mol. The number of nitrogens with zero attached hydrogens (tertiary/aromatic N) is 1. The van der Waals surface area contributed by atoms with E-state index in [1.807, 2.05) is 0 Å². The van der Waals surface area contributed by atoms with Gasteiger partial charge in [0.05, 0.1) is 19.3 Å². The van der Waals surface area contributed by atoms with Crippen LogP contribution in [0, 0.1) is 5.92 Å². The molecule has 3 unspecified atom stereocenters. The molecule has 0 aromatic rings. The summed E-state index contributed by atoms with van der Waals surface area (Å²) in [4.78, 5) is 2.47. The summed E-state index contributed by atoms with van der Waals surface area (Å²) in [5, 5.41) is 9.93. The van der Waals surface area contributed by atoms with Gasteiger partial charge in [0.1, 0.15) is 0 Å². The van der Waals surface area contributed by atoms with Gasteiger partial charge in [-0.1, -0.05) is 12.8 Å². The lowest BCUT2D eigenvalue weighted by Gasteiger charge is -2.38. The van der Waals surface area contributed by atoms with E-state index in [9.17, 15) is 5.11 Å². The Morgan fingerprint density at radius 2 is 2.13 bits per heavy atom. The first-order chi connectivity index (χ1) is 7.27. The maximum Gasteiger partial charge on any atom is 0.0619 e. The summed E-state index contributed by atoms with van der Waals surface area (Å²) in [6, 6.07) is 0.521. The van der Waals surface area contributed by atoms with E-state index >= 15 is 0 Å². The van der Waals surface area contributed by atoms with E-state index in [0.29, 0.717) is 12.0 Å². The zero-order valence-corrected chi connectivity index (χ0v) is 9.69. The third kappa shape index (κ3) is 2.92. The van der Waals surface area contributed by atoms with Crippen molar-refractivity contribution in [2.45, 2.75) is 44.8 Å². The minimum Gasteiger partial charge on any atom is -0.393 e. The number of rotatable bonds is 2. The second-order valence-electron chi connectivity index (χ2n) is 5.03. The first-order valence-corrected chi connectivity index (χ1v) is 6.27. The van der Waals surface area contributed by atoms with Crippen molar-refractivity contribution in [1.82, 2.24) is 4.90 Å². The van der Waals surface area contributed by atoms with Crippen molar-refractivity contribution >= 4 is 0 Å². The molecule has 0 aromatic heterocycles. The number of hydrogen-bond donors (Lipinski definition) is 1. The molecule has 0 bridgehead atoms. The molecule has 0 spiro atoms. The van der Waals surface area contributed by atoms with E-state index in [4.69, 9.17) is 4.74 Å². The number of hydrogen-bond acceptors (Lipinski definition) is 3. The van der Waals surface area contributed by atoms with Crippen molar-refractivity contribution in [3.8, 4) is 0 Å². The van der Waals surface area contributed by atoms with Gasteiger partial charge in [-0.3, -0.25) is 4.90 Å². The monoisotopic (exact) mass is 213 g/mol. The van der Waals surface area contributed by atoms with Crippen molar-refractivity contribution in [1.29, 1.82) is 0 Å². The molecular formula is C12H23NO2. The summed E-state index contributed by atoms with van der Waals surface area (Å²) in [5.74, 6) is 0.499. The predicted octanol–water partition coefficient (Wildman–Crippen LogP) is 1.26. The van der Waals surface area contributed by atoms with Gasteiger partial charge in [0.25, 0.3) is 0 Å². The van der Waals surface area contributed by atoms with Crippen LogP contribution in [-0.2, 0) is 4.74 Å². The summed E-state index contributed by atoms with van der Waals surface area (Å²) in [6.45, 7) is 6.01. The van der Waals surface area contributed by atoms with Gasteiger partial charge in [0, 0.05) is 19.1 Å². The molecule has 0 radical (unpaired) electrons. The Labute approximate surface area is 92.4 Å². The van der Waals surface area contributed by atoms with Gasteiger partial charge in [0.15, 0.2) is 0 Å². The Kier molecular flexibility index (Phi) is 4.00.